The van der Waals surface area contributed by atoms with Gasteiger partial charge in [-0.25, -0.2) is 0 Å². The Labute approximate surface area is 113 Å². The fraction of sp³-hybridized carbons (Fsp3) is 0.933. The van der Waals surface area contributed by atoms with E-state index in [0.29, 0.717) is 12.0 Å². The Morgan fingerprint density at radius 3 is 2.00 bits per heavy atom. The Bertz CT molecular complexity index is 252. The van der Waals surface area contributed by atoms with Gasteiger partial charge in [0.25, 0.3) is 0 Å². The van der Waals surface area contributed by atoms with Crippen molar-refractivity contribution in [2.24, 2.45) is 11.3 Å². The standard InChI is InChI=1S/C15H31NO2/c1-12(2)13(17)16-15(6,7)9-11-18-10-8-14(3,4)5/h12H,8-11H2,1-7H3,(H,16,17). The first-order valence-electron chi connectivity index (χ1n) is 6.93. The van der Waals surface area contributed by atoms with Crippen LogP contribution in [0.15, 0.2) is 0 Å². The van der Waals surface area contributed by atoms with Crippen LogP contribution in [0.4, 0.5) is 0 Å². The smallest absolute Gasteiger partial charge is 0.222 e. The molecule has 0 fully saturated rings. The molecule has 18 heavy (non-hydrogen) atoms. The topological polar surface area (TPSA) is 38.3 Å². The van der Waals surface area contributed by atoms with Crippen LogP contribution in [0, 0.1) is 11.3 Å². The molecule has 3 heteroatoms. The molecule has 0 aromatic rings. The highest BCUT2D eigenvalue weighted by atomic mass is 16.5. The third kappa shape index (κ3) is 9.46. The van der Waals surface area contributed by atoms with E-state index < -0.39 is 0 Å². The summed E-state index contributed by atoms with van der Waals surface area (Å²) in [6.07, 6.45) is 1.90. The molecule has 1 N–H and O–H groups in total. The molecule has 0 aromatic heterocycles. The summed E-state index contributed by atoms with van der Waals surface area (Å²) in [4.78, 5) is 11.6. The maximum atomic E-state index is 11.6. The lowest BCUT2D eigenvalue weighted by molar-refractivity contribution is -0.125. The molecule has 0 unspecified atom stereocenters. The molecule has 0 rings (SSSR count). The van der Waals surface area contributed by atoms with E-state index >= 15 is 0 Å². The summed E-state index contributed by atoms with van der Waals surface area (Å²) in [6.45, 7) is 16.0. The Hall–Kier alpha value is -0.570. The van der Waals surface area contributed by atoms with Crippen LogP contribution in [0.3, 0.4) is 0 Å². The second-order valence-electron chi connectivity index (χ2n) is 7.20. The Morgan fingerprint density at radius 2 is 1.56 bits per heavy atom. The number of ether oxygens (including phenoxy) is 1. The molecule has 0 saturated carbocycles. The van der Waals surface area contributed by atoms with Crippen molar-refractivity contribution in [1.82, 2.24) is 5.32 Å². The summed E-state index contributed by atoms with van der Waals surface area (Å²) in [5, 5.41) is 3.04. The lowest BCUT2D eigenvalue weighted by Crippen LogP contribution is -2.45. The molecule has 0 atom stereocenters. The Kier molecular flexibility index (Phi) is 6.90. The predicted molar refractivity (Wildman–Crippen MR) is 76.6 cm³/mol. The first kappa shape index (κ1) is 17.4. The number of rotatable bonds is 7. The van der Waals surface area contributed by atoms with Gasteiger partial charge < -0.3 is 10.1 Å². The molecule has 0 aliphatic rings. The van der Waals surface area contributed by atoms with Crippen molar-refractivity contribution in [1.29, 1.82) is 0 Å². The summed E-state index contributed by atoms with van der Waals surface area (Å²) >= 11 is 0. The first-order valence-corrected chi connectivity index (χ1v) is 6.93. The number of hydrogen-bond acceptors (Lipinski definition) is 2. The number of hydrogen-bond donors (Lipinski definition) is 1. The number of carbonyl (C=O) groups is 1. The summed E-state index contributed by atoms with van der Waals surface area (Å²) in [7, 11) is 0. The van der Waals surface area contributed by atoms with Crippen molar-refractivity contribution in [3.63, 3.8) is 0 Å². The molecule has 0 spiro atoms. The molecule has 0 aliphatic heterocycles. The van der Waals surface area contributed by atoms with E-state index in [4.69, 9.17) is 4.74 Å². The van der Waals surface area contributed by atoms with Gasteiger partial charge in [0, 0.05) is 24.7 Å². The molecule has 0 aliphatic carbocycles. The average Bonchev–Trinajstić information content (AvgIpc) is 2.14. The van der Waals surface area contributed by atoms with E-state index in [0.717, 1.165) is 19.4 Å². The van der Waals surface area contributed by atoms with E-state index in [9.17, 15) is 4.79 Å². The Balaban J connectivity index is 3.81. The van der Waals surface area contributed by atoms with Crippen LogP contribution in [0.2, 0.25) is 0 Å². The van der Waals surface area contributed by atoms with Crippen molar-refractivity contribution >= 4 is 5.91 Å². The van der Waals surface area contributed by atoms with E-state index in [2.05, 4.69) is 26.1 Å². The molecule has 108 valence electrons. The maximum absolute atomic E-state index is 11.6. The summed E-state index contributed by atoms with van der Waals surface area (Å²) in [5.41, 5.74) is 0.129. The van der Waals surface area contributed by atoms with Crippen LogP contribution in [-0.4, -0.2) is 24.7 Å². The van der Waals surface area contributed by atoms with E-state index in [1.165, 1.54) is 0 Å². The van der Waals surface area contributed by atoms with Crippen LogP contribution in [-0.2, 0) is 9.53 Å². The summed E-state index contributed by atoms with van der Waals surface area (Å²) < 4.78 is 5.64. The fourth-order valence-corrected chi connectivity index (χ4v) is 1.35. The van der Waals surface area contributed by atoms with Gasteiger partial charge in [0.2, 0.25) is 5.91 Å². The van der Waals surface area contributed by atoms with E-state index in [1.807, 2.05) is 27.7 Å². The van der Waals surface area contributed by atoms with Gasteiger partial charge in [0.15, 0.2) is 0 Å². The molecular weight excluding hydrogens is 226 g/mol. The minimum Gasteiger partial charge on any atom is -0.381 e. The minimum absolute atomic E-state index is 0.0334. The number of amides is 1. The van der Waals surface area contributed by atoms with Crippen LogP contribution < -0.4 is 5.32 Å². The highest BCUT2D eigenvalue weighted by Crippen LogP contribution is 2.18. The van der Waals surface area contributed by atoms with Crippen molar-refractivity contribution in [2.75, 3.05) is 13.2 Å². The third-order valence-corrected chi connectivity index (χ3v) is 2.85. The first-order chi connectivity index (χ1) is 8.03. The van der Waals surface area contributed by atoms with Gasteiger partial charge in [0.05, 0.1) is 0 Å². The van der Waals surface area contributed by atoms with Gasteiger partial charge in [-0.05, 0) is 32.1 Å². The number of nitrogens with one attached hydrogen (secondary N) is 1. The average molecular weight is 257 g/mol. The van der Waals surface area contributed by atoms with Gasteiger partial charge in [0.1, 0.15) is 0 Å². The zero-order valence-electron chi connectivity index (χ0n) is 13.2. The zero-order chi connectivity index (χ0) is 14.4. The highest BCUT2D eigenvalue weighted by molar-refractivity contribution is 5.78. The van der Waals surface area contributed by atoms with Gasteiger partial charge >= 0.3 is 0 Å². The van der Waals surface area contributed by atoms with Gasteiger partial charge in [-0.2, -0.15) is 0 Å². The Morgan fingerprint density at radius 1 is 1.06 bits per heavy atom. The third-order valence-electron chi connectivity index (χ3n) is 2.85. The van der Waals surface area contributed by atoms with Crippen molar-refractivity contribution in [2.45, 2.75) is 66.8 Å². The van der Waals surface area contributed by atoms with Crippen molar-refractivity contribution in [3.8, 4) is 0 Å². The van der Waals surface area contributed by atoms with Crippen LogP contribution in [0.1, 0.15) is 61.3 Å². The SMILES string of the molecule is CC(C)C(=O)NC(C)(C)CCOCCC(C)(C)C. The monoisotopic (exact) mass is 257 g/mol. The molecular formula is C15H31NO2. The van der Waals surface area contributed by atoms with Crippen LogP contribution >= 0.6 is 0 Å². The van der Waals surface area contributed by atoms with Gasteiger partial charge in [-0.15, -0.1) is 0 Å². The highest BCUT2D eigenvalue weighted by Gasteiger charge is 2.21. The normalized spacial score (nSPS) is 12.9. The largest absolute Gasteiger partial charge is 0.381 e. The molecule has 0 bridgehead atoms. The van der Waals surface area contributed by atoms with E-state index in [-0.39, 0.29) is 17.4 Å². The van der Waals surface area contributed by atoms with Crippen LogP contribution in [0.25, 0.3) is 0 Å². The molecule has 3 nitrogen and oxygen atoms in total. The van der Waals surface area contributed by atoms with Gasteiger partial charge in [-0.3, -0.25) is 4.79 Å². The molecule has 0 aromatic carbocycles. The summed E-state index contributed by atoms with van der Waals surface area (Å²) in [6, 6.07) is 0. The molecule has 1 amide bonds. The van der Waals surface area contributed by atoms with Crippen molar-refractivity contribution in [3.05, 3.63) is 0 Å². The lowest BCUT2D eigenvalue weighted by Gasteiger charge is -2.27. The molecule has 0 heterocycles. The van der Waals surface area contributed by atoms with Crippen LogP contribution in [0.5, 0.6) is 0 Å². The maximum Gasteiger partial charge on any atom is 0.222 e. The molecule has 0 saturated heterocycles. The lowest BCUT2D eigenvalue weighted by atomic mass is 9.93. The fourth-order valence-electron chi connectivity index (χ4n) is 1.35. The number of carbonyl (C=O) groups excluding carboxylic acids is 1. The van der Waals surface area contributed by atoms with E-state index in [1.54, 1.807) is 0 Å². The second kappa shape index (κ2) is 7.13. The van der Waals surface area contributed by atoms with Gasteiger partial charge in [-0.1, -0.05) is 34.6 Å². The summed E-state index contributed by atoms with van der Waals surface area (Å²) in [5.74, 6) is 0.140. The second-order valence-corrected chi connectivity index (χ2v) is 7.20. The van der Waals surface area contributed by atoms with Crippen molar-refractivity contribution < 1.29 is 9.53 Å². The minimum atomic E-state index is -0.191. The molecule has 0 radical (unpaired) electrons. The zero-order valence-corrected chi connectivity index (χ0v) is 13.2. The quantitative estimate of drug-likeness (QED) is 0.710. The predicted octanol–water partition coefficient (Wildman–Crippen LogP) is 3.38.